The maximum absolute atomic E-state index is 13.2. The van der Waals surface area contributed by atoms with Crippen molar-refractivity contribution in [2.45, 2.75) is 6.54 Å². The van der Waals surface area contributed by atoms with Crippen LogP contribution >= 0.6 is 23.2 Å². The summed E-state index contributed by atoms with van der Waals surface area (Å²) in [5.41, 5.74) is 1.08. The molecule has 0 aromatic heterocycles. The lowest BCUT2D eigenvalue weighted by Crippen LogP contribution is -2.40. The number of likely N-dealkylation sites (N-methyl/N-ethyl adjacent to an activating group) is 2. The minimum absolute atomic E-state index is 0.0904. The van der Waals surface area contributed by atoms with Crippen LogP contribution in [-0.4, -0.2) is 48.8 Å². The van der Waals surface area contributed by atoms with Crippen LogP contribution in [-0.2, 0) is 16.1 Å². The van der Waals surface area contributed by atoms with Gasteiger partial charge in [-0.15, -0.1) is 0 Å². The van der Waals surface area contributed by atoms with E-state index in [4.69, 9.17) is 23.2 Å². The van der Waals surface area contributed by atoms with Crippen molar-refractivity contribution in [2.24, 2.45) is 0 Å². The molecule has 0 aliphatic carbocycles. The number of hydrogen-bond donors (Lipinski definition) is 1. The average Bonchev–Trinajstić information content (AvgIpc) is 2.58. The van der Waals surface area contributed by atoms with E-state index in [9.17, 15) is 14.0 Å². The van der Waals surface area contributed by atoms with Gasteiger partial charge in [0.1, 0.15) is 5.82 Å². The maximum Gasteiger partial charge on any atom is 0.244 e. The molecule has 144 valence electrons. The first kappa shape index (κ1) is 21.2. The number of anilines is 1. The fraction of sp³-hybridized carbons (Fsp3) is 0.263. The van der Waals surface area contributed by atoms with Gasteiger partial charge >= 0.3 is 0 Å². The molecule has 5 nitrogen and oxygen atoms in total. The van der Waals surface area contributed by atoms with Gasteiger partial charge in [-0.3, -0.25) is 14.5 Å². The van der Waals surface area contributed by atoms with Crippen molar-refractivity contribution in [2.75, 3.05) is 32.5 Å². The van der Waals surface area contributed by atoms with Crippen LogP contribution in [0.15, 0.2) is 42.5 Å². The summed E-state index contributed by atoms with van der Waals surface area (Å²) in [7, 11) is 3.28. The van der Waals surface area contributed by atoms with E-state index in [1.54, 1.807) is 42.3 Å². The predicted octanol–water partition coefficient (Wildman–Crippen LogP) is 3.66. The normalized spacial score (nSPS) is 10.7. The van der Waals surface area contributed by atoms with Crippen LogP contribution in [0.25, 0.3) is 0 Å². The lowest BCUT2D eigenvalue weighted by Gasteiger charge is -2.22. The summed E-state index contributed by atoms with van der Waals surface area (Å²) >= 11 is 12.0. The maximum atomic E-state index is 13.2. The lowest BCUT2D eigenvalue weighted by molar-refractivity contribution is -0.134. The molecule has 1 N–H and O–H groups in total. The first-order chi connectivity index (χ1) is 12.8. The largest absolute Gasteiger partial charge is 0.335 e. The van der Waals surface area contributed by atoms with Crippen LogP contribution in [0.3, 0.4) is 0 Å². The third-order valence-corrected chi connectivity index (χ3v) is 4.41. The van der Waals surface area contributed by atoms with E-state index in [0.29, 0.717) is 22.3 Å². The van der Waals surface area contributed by atoms with E-state index in [-0.39, 0.29) is 24.8 Å². The molecule has 0 fully saturated rings. The summed E-state index contributed by atoms with van der Waals surface area (Å²) in [5.74, 6) is -0.970. The number of halogens is 3. The number of rotatable bonds is 7. The molecule has 2 amide bonds. The minimum atomic E-state index is -0.409. The summed E-state index contributed by atoms with van der Waals surface area (Å²) < 4.78 is 13.2. The smallest absolute Gasteiger partial charge is 0.244 e. The van der Waals surface area contributed by atoms with Crippen LogP contribution in [0.5, 0.6) is 0 Å². The number of nitrogens with zero attached hydrogens (tertiary/aromatic N) is 2. The Morgan fingerprint density at radius 1 is 1.04 bits per heavy atom. The van der Waals surface area contributed by atoms with Gasteiger partial charge in [-0.1, -0.05) is 41.4 Å². The van der Waals surface area contributed by atoms with Crippen molar-refractivity contribution in [3.63, 3.8) is 0 Å². The van der Waals surface area contributed by atoms with Crippen LogP contribution < -0.4 is 5.32 Å². The molecule has 0 atom stereocenters. The summed E-state index contributed by atoms with van der Waals surface area (Å²) in [6.07, 6.45) is 0. The number of hydrogen-bond acceptors (Lipinski definition) is 3. The Bertz CT molecular complexity index is 812. The highest BCUT2D eigenvalue weighted by Gasteiger charge is 2.17. The summed E-state index contributed by atoms with van der Waals surface area (Å²) in [6.45, 7) is 0.361. The third-order valence-electron chi connectivity index (χ3n) is 3.78. The molecule has 0 radical (unpaired) electrons. The minimum Gasteiger partial charge on any atom is -0.335 e. The zero-order valence-corrected chi connectivity index (χ0v) is 16.5. The van der Waals surface area contributed by atoms with E-state index >= 15 is 0 Å². The first-order valence-corrected chi connectivity index (χ1v) is 8.92. The van der Waals surface area contributed by atoms with Gasteiger partial charge in [0.15, 0.2) is 0 Å². The average molecular weight is 412 g/mol. The highest BCUT2D eigenvalue weighted by molar-refractivity contribution is 6.39. The van der Waals surface area contributed by atoms with Crippen molar-refractivity contribution in [1.82, 2.24) is 9.80 Å². The molecule has 0 bridgehead atoms. The number of carbonyl (C=O) groups is 2. The van der Waals surface area contributed by atoms with Crippen LogP contribution in [0.4, 0.5) is 10.1 Å². The van der Waals surface area contributed by atoms with Crippen molar-refractivity contribution < 1.29 is 14.0 Å². The molecular weight excluding hydrogens is 392 g/mol. The molecule has 2 aromatic carbocycles. The molecular formula is C19H20Cl2FN3O2. The van der Waals surface area contributed by atoms with Gasteiger partial charge in [-0.05, 0) is 36.9 Å². The number of para-hydroxylation sites is 1. The summed E-state index contributed by atoms with van der Waals surface area (Å²) in [5, 5.41) is 3.25. The number of benzene rings is 2. The van der Waals surface area contributed by atoms with E-state index in [0.717, 1.165) is 5.56 Å². The third kappa shape index (κ3) is 6.50. The van der Waals surface area contributed by atoms with Gasteiger partial charge in [0, 0.05) is 13.6 Å². The van der Waals surface area contributed by atoms with Crippen molar-refractivity contribution in [3.8, 4) is 0 Å². The van der Waals surface area contributed by atoms with Gasteiger partial charge in [0.05, 0.1) is 28.8 Å². The number of carbonyl (C=O) groups excluding carboxylic acids is 2. The van der Waals surface area contributed by atoms with Crippen LogP contribution in [0.1, 0.15) is 5.56 Å². The molecule has 0 unspecified atom stereocenters. The van der Waals surface area contributed by atoms with Gasteiger partial charge in [0.25, 0.3) is 0 Å². The highest BCUT2D eigenvalue weighted by Crippen LogP contribution is 2.29. The Morgan fingerprint density at radius 3 is 2.30 bits per heavy atom. The van der Waals surface area contributed by atoms with Crippen molar-refractivity contribution in [3.05, 3.63) is 63.9 Å². The fourth-order valence-electron chi connectivity index (χ4n) is 2.45. The lowest BCUT2D eigenvalue weighted by atomic mass is 10.2. The number of amides is 2. The van der Waals surface area contributed by atoms with Crippen LogP contribution in [0, 0.1) is 5.82 Å². The molecule has 0 heterocycles. The van der Waals surface area contributed by atoms with Gasteiger partial charge in [-0.2, -0.15) is 0 Å². The quantitative estimate of drug-likeness (QED) is 0.755. The monoisotopic (exact) mass is 411 g/mol. The summed E-state index contributed by atoms with van der Waals surface area (Å²) in [6, 6.07) is 11.1. The Labute approximate surface area is 167 Å². The molecule has 0 saturated heterocycles. The van der Waals surface area contributed by atoms with E-state index in [1.807, 2.05) is 0 Å². The second-order valence-corrected chi connectivity index (χ2v) is 7.01. The number of nitrogens with one attached hydrogen (secondary N) is 1. The first-order valence-electron chi connectivity index (χ1n) is 8.17. The molecule has 27 heavy (non-hydrogen) atoms. The van der Waals surface area contributed by atoms with Gasteiger partial charge in [0.2, 0.25) is 11.8 Å². The zero-order chi connectivity index (χ0) is 20.0. The Morgan fingerprint density at radius 2 is 1.67 bits per heavy atom. The zero-order valence-electron chi connectivity index (χ0n) is 15.0. The van der Waals surface area contributed by atoms with Gasteiger partial charge < -0.3 is 10.2 Å². The Kier molecular flexibility index (Phi) is 7.59. The van der Waals surface area contributed by atoms with Crippen molar-refractivity contribution in [1.29, 1.82) is 0 Å². The topological polar surface area (TPSA) is 52.7 Å². The summed E-state index contributed by atoms with van der Waals surface area (Å²) in [4.78, 5) is 27.5. The molecule has 0 spiro atoms. The highest BCUT2D eigenvalue weighted by atomic mass is 35.5. The predicted molar refractivity (Wildman–Crippen MR) is 105 cm³/mol. The second-order valence-electron chi connectivity index (χ2n) is 6.20. The van der Waals surface area contributed by atoms with E-state index < -0.39 is 5.91 Å². The fourth-order valence-corrected chi connectivity index (χ4v) is 2.95. The SMILES string of the molecule is CN(CC(=O)N(C)CC(=O)Nc1c(Cl)cccc1Cl)Cc1cccc(F)c1. The Balaban J connectivity index is 1.86. The van der Waals surface area contributed by atoms with Crippen molar-refractivity contribution >= 4 is 40.7 Å². The Hall–Kier alpha value is -2.15. The van der Waals surface area contributed by atoms with E-state index in [2.05, 4.69) is 5.32 Å². The molecule has 2 rings (SSSR count). The molecule has 0 aliphatic rings. The molecule has 0 saturated carbocycles. The van der Waals surface area contributed by atoms with Gasteiger partial charge in [-0.25, -0.2) is 4.39 Å². The standard InChI is InChI=1S/C19H20Cl2FN3O2/c1-24(10-13-5-3-6-14(22)9-13)12-18(27)25(2)11-17(26)23-19-15(20)7-4-8-16(19)21/h3-9H,10-12H2,1-2H3,(H,23,26). The second kappa shape index (κ2) is 9.69. The molecule has 0 aliphatic heterocycles. The van der Waals surface area contributed by atoms with Crippen LogP contribution in [0.2, 0.25) is 10.0 Å². The van der Waals surface area contributed by atoms with E-state index in [1.165, 1.54) is 24.1 Å². The molecule has 8 heteroatoms. The molecule has 2 aromatic rings.